The Morgan fingerprint density at radius 1 is 0.962 bits per heavy atom. The number of hydrogen-bond acceptors (Lipinski definition) is 5. The number of carbonyl (C=O) groups is 1. The molecule has 1 atom stereocenters. The first-order valence-electron chi connectivity index (χ1n) is 8.71. The number of carbonyl (C=O) groups excluding carboxylic acids is 1. The van der Waals surface area contributed by atoms with E-state index in [9.17, 15) is 4.79 Å². The van der Waals surface area contributed by atoms with Gasteiger partial charge in [-0.2, -0.15) is 0 Å². The van der Waals surface area contributed by atoms with Crippen LogP contribution < -0.4 is 14.8 Å². The number of benzene rings is 2. The van der Waals surface area contributed by atoms with Crippen molar-refractivity contribution in [1.82, 2.24) is 5.32 Å². The van der Waals surface area contributed by atoms with Gasteiger partial charge in [-0.1, -0.05) is 36.4 Å². The fraction of sp³-hybridized carbons (Fsp3) is 0.381. The molecule has 0 heterocycles. The fourth-order valence-corrected chi connectivity index (χ4v) is 2.80. The zero-order valence-electron chi connectivity index (χ0n) is 15.7. The number of methoxy groups -OCH3 is 3. The van der Waals surface area contributed by atoms with Crippen LogP contribution in [0.25, 0.3) is 0 Å². The van der Waals surface area contributed by atoms with Gasteiger partial charge in [-0.25, -0.2) is 0 Å². The number of rotatable bonds is 10. The van der Waals surface area contributed by atoms with E-state index in [0.717, 1.165) is 18.4 Å². The zero-order chi connectivity index (χ0) is 18.8. The summed E-state index contributed by atoms with van der Waals surface area (Å²) in [4.78, 5) is 11.7. The molecule has 26 heavy (non-hydrogen) atoms. The van der Waals surface area contributed by atoms with E-state index in [2.05, 4.69) is 17.4 Å². The van der Waals surface area contributed by atoms with Crippen molar-refractivity contribution < 1.29 is 19.0 Å². The van der Waals surface area contributed by atoms with E-state index in [1.165, 1.54) is 12.7 Å². The molecule has 0 saturated heterocycles. The molecule has 2 rings (SSSR count). The molecular formula is C21H27NO4. The lowest BCUT2D eigenvalue weighted by Crippen LogP contribution is -2.32. The van der Waals surface area contributed by atoms with Gasteiger partial charge in [-0.05, 0) is 36.1 Å². The van der Waals surface area contributed by atoms with Crippen LogP contribution in [0.4, 0.5) is 0 Å². The van der Waals surface area contributed by atoms with Crippen molar-refractivity contribution in [2.45, 2.75) is 31.8 Å². The molecule has 1 unspecified atom stereocenters. The number of nitrogens with one attached hydrogen (secondary N) is 1. The Labute approximate surface area is 155 Å². The number of aryl methyl sites for hydroxylation is 1. The second-order valence-corrected chi connectivity index (χ2v) is 6.07. The van der Waals surface area contributed by atoms with Crippen LogP contribution in [0.1, 0.15) is 24.0 Å². The minimum atomic E-state index is -0.206. The summed E-state index contributed by atoms with van der Waals surface area (Å²) >= 11 is 0. The lowest BCUT2D eigenvalue weighted by molar-refractivity contribution is -0.141. The average Bonchev–Trinajstić information content (AvgIpc) is 2.70. The van der Waals surface area contributed by atoms with E-state index in [0.29, 0.717) is 24.5 Å². The van der Waals surface area contributed by atoms with Crippen LogP contribution in [0, 0.1) is 0 Å². The molecule has 0 bridgehead atoms. The van der Waals surface area contributed by atoms with E-state index in [1.807, 2.05) is 36.4 Å². The van der Waals surface area contributed by atoms with Gasteiger partial charge in [0.2, 0.25) is 0 Å². The third-order valence-corrected chi connectivity index (χ3v) is 4.31. The maximum Gasteiger partial charge on any atom is 0.307 e. The SMILES string of the molecule is COC(=O)CC(CCc1ccc(OC)c(OC)c1)NCc1ccccc1. The van der Waals surface area contributed by atoms with Crippen LogP contribution in [-0.2, 0) is 22.5 Å². The third kappa shape index (κ3) is 6.08. The Morgan fingerprint density at radius 2 is 1.69 bits per heavy atom. The monoisotopic (exact) mass is 357 g/mol. The van der Waals surface area contributed by atoms with E-state index in [4.69, 9.17) is 14.2 Å². The first-order chi connectivity index (χ1) is 12.7. The Hall–Kier alpha value is -2.53. The Morgan fingerprint density at radius 3 is 2.35 bits per heavy atom. The maximum atomic E-state index is 11.7. The molecule has 0 saturated carbocycles. The highest BCUT2D eigenvalue weighted by Crippen LogP contribution is 2.28. The lowest BCUT2D eigenvalue weighted by Gasteiger charge is -2.18. The van der Waals surface area contributed by atoms with Crippen LogP contribution in [0.3, 0.4) is 0 Å². The summed E-state index contributed by atoms with van der Waals surface area (Å²) in [5, 5.41) is 3.47. The van der Waals surface area contributed by atoms with Gasteiger partial charge in [0, 0.05) is 12.6 Å². The molecule has 5 heteroatoms. The van der Waals surface area contributed by atoms with Crippen LogP contribution in [0.2, 0.25) is 0 Å². The second kappa shape index (κ2) is 10.5. The average molecular weight is 357 g/mol. The Bertz CT molecular complexity index is 688. The minimum Gasteiger partial charge on any atom is -0.493 e. The van der Waals surface area contributed by atoms with Gasteiger partial charge < -0.3 is 19.5 Å². The van der Waals surface area contributed by atoms with Crippen molar-refractivity contribution in [3.05, 3.63) is 59.7 Å². The highest BCUT2D eigenvalue weighted by Gasteiger charge is 2.15. The lowest BCUT2D eigenvalue weighted by atomic mass is 10.0. The smallest absolute Gasteiger partial charge is 0.307 e. The van der Waals surface area contributed by atoms with Crippen molar-refractivity contribution in [2.24, 2.45) is 0 Å². The number of esters is 1. The Balaban J connectivity index is 1.98. The maximum absolute atomic E-state index is 11.7. The minimum absolute atomic E-state index is 0.0377. The summed E-state index contributed by atoms with van der Waals surface area (Å²) in [5.41, 5.74) is 2.33. The van der Waals surface area contributed by atoms with E-state index in [-0.39, 0.29) is 12.0 Å². The van der Waals surface area contributed by atoms with Gasteiger partial charge >= 0.3 is 5.97 Å². The number of ether oxygens (including phenoxy) is 3. The first-order valence-corrected chi connectivity index (χ1v) is 8.71. The largest absolute Gasteiger partial charge is 0.493 e. The van der Waals surface area contributed by atoms with Crippen LogP contribution in [0.15, 0.2) is 48.5 Å². The normalized spacial score (nSPS) is 11.7. The number of hydrogen-bond donors (Lipinski definition) is 1. The summed E-state index contributed by atoms with van der Waals surface area (Å²) in [7, 11) is 4.67. The molecule has 2 aromatic rings. The summed E-state index contributed by atoms with van der Waals surface area (Å²) in [6.45, 7) is 0.717. The van der Waals surface area contributed by atoms with E-state index >= 15 is 0 Å². The van der Waals surface area contributed by atoms with Crippen LogP contribution >= 0.6 is 0 Å². The predicted octanol–water partition coefficient (Wildman–Crippen LogP) is 3.36. The standard InChI is InChI=1S/C21H27NO4/c1-24-19-12-10-16(13-20(19)25-2)9-11-18(14-21(23)26-3)22-15-17-7-5-4-6-8-17/h4-8,10,12-13,18,22H,9,11,14-15H2,1-3H3. The predicted molar refractivity (Wildman–Crippen MR) is 102 cm³/mol. The summed E-state index contributed by atoms with van der Waals surface area (Å²) in [6, 6.07) is 16.1. The van der Waals surface area contributed by atoms with Gasteiger partial charge in [-0.3, -0.25) is 4.79 Å². The van der Waals surface area contributed by atoms with Gasteiger partial charge in [-0.15, -0.1) is 0 Å². The first kappa shape index (κ1) is 19.8. The molecule has 2 aromatic carbocycles. The van der Waals surface area contributed by atoms with Crippen LogP contribution in [-0.4, -0.2) is 33.3 Å². The summed E-state index contributed by atoms with van der Waals surface area (Å²) in [5.74, 6) is 1.22. The fourth-order valence-electron chi connectivity index (χ4n) is 2.80. The van der Waals surface area contributed by atoms with Gasteiger partial charge in [0.15, 0.2) is 11.5 Å². The molecule has 0 aliphatic carbocycles. The van der Waals surface area contributed by atoms with Gasteiger partial charge in [0.05, 0.1) is 27.8 Å². The molecule has 5 nitrogen and oxygen atoms in total. The van der Waals surface area contributed by atoms with Crippen molar-refractivity contribution in [2.75, 3.05) is 21.3 Å². The molecule has 0 amide bonds. The molecule has 0 spiro atoms. The van der Waals surface area contributed by atoms with Crippen molar-refractivity contribution >= 4 is 5.97 Å². The molecule has 0 aliphatic rings. The van der Waals surface area contributed by atoms with Gasteiger partial charge in [0.25, 0.3) is 0 Å². The molecule has 0 aromatic heterocycles. The highest BCUT2D eigenvalue weighted by atomic mass is 16.5. The summed E-state index contributed by atoms with van der Waals surface area (Å²) < 4.78 is 15.5. The molecule has 0 fully saturated rings. The zero-order valence-corrected chi connectivity index (χ0v) is 15.7. The Kier molecular flexibility index (Phi) is 7.96. The summed E-state index contributed by atoms with van der Waals surface area (Å²) in [6.07, 6.45) is 1.98. The van der Waals surface area contributed by atoms with Crippen LogP contribution in [0.5, 0.6) is 11.5 Å². The molecule has 0 radical (unpaired) electrons. The van der Waals surface area contributed by atoms with E-state index in [1.54, 1.807) is 14.2 Å². The van der Waals surface area contributed by atoms with Crippen molar-refractivity contribution in [3.8, 4) is 11.5 Å². The quantitative estimate of drug-likeness (QED) is 0.661. The third-order valence-electron chi connectivity index (χ3n) is 4.31. The topological polar surface area (TPSA) is 56.8 Å². The van der Waals surface area contributed by atoms with E-state index < -0.39 is 0 Å². The van der Waals surface area contributed by atoms with Crippen molar-refractivity contribution in [1.29, 1.82) is 0 Å². The van der Waals surface area contributed by atoms with Crippen molar-refractivity contribution in [3.63, 3.8) is 0 Å². The molecule has 140 valence electrons. The van der Waals surface area contributed by atoms with Gasteiger partial charge in [0.1, 0.15) is 0 Å². The molecule has 0 aliphatic heterocycles. The second-order valence-electron chi connectivity index (χ2n) is 6.07. The highest BCUT2D eigenvalue weighted by molar-refractivity contribution is 5.69. The molecule has 1 N–H and O–H groups in total. The molecular weight excluding hydrogens is 330 g/mol.